The number of carbonyl (C=O) groups is 1. The van der Waals surface area contributed by atoms with Gasteiger partial charge in [0.05, 0.1) is 11.6 Å². The zero-order chi connectivity index (χ0) is 19.2. The van der Waals surface area contributed by atoms with Crippen LogP contribution in [0, 0.1) is 18.3 Å². The maximum absolute atomic E-state index is 12.4. The number of amides is 1. The van der Waals surface area contributed by atoms with Gasteiger partial charge in [0.25, 0.3) is 5.91 Å². The molecule has 0 spiro atoms. The number of nitrogens with zero attached hydrogens (tertiary/aromatic N) is 3. The van der Waals surface area contributed by atoms with Crippen LogP contribution < -0.4 is 10.6 Å². The summed E-state index contributed by atoms with van der Waals surface area (Å²) >= 11 is 5.86. The number of nitriles is 1. The van der Waals surface area contributed by atoms with E-state index in [1.165, 1.54) is 0 Å². The Morgan fingerprint density at radius 1 is 1.15 bits per heavy atom. The average molecular weight is 378 g/mol. The van der Waals surface area contributed by atoms with E-state index in [1.807, 2.05) is 18.2 Å². The number of aryl methyl sites for hydroxylation is 1. The molecule has 7 heteroatoms. The van der Waals surface area contributed by atoms with Crippen molar-refractivity contribution in [2.45, 2.75) is 13.5 Å². The van der Waals surface area contributed by atoms with Gasteiger partial charge in [-0.3, -0.25) is 4.79 Å². The lowest BCUT2D eigenvalue weighted by molar-refractivity contribution is 0.0945. The third kappa shape index (κ3) is 5.03. The van der Waals surface area contributed by atoms with E-state index in [0.29, 0.717) is 34.5 Å². The third-order valence-corrected chi connectivity index (χ3v) is 3.95. The molecule has 134 valence electrons. The van der Waals surface area contributed by atoms with E-state index in [0.717, 1.165) is 5.56 Å². The Bertz CT molecular complexity index is 1010. The molecular weight excluding hydrogens is 362 g/mol. The normalized spacial score (nSPS) is 10.1. The van der Waals surface area contributed by atoms with Gasteiger partial charge in [-0.1, -0.05) is 29.8 Å². The van der Waals surface area contributed by atoms with Crippen LogP contribution in [0.25, 0.3) is 0 Å². The first-order valence-electron chi connectivity index (χ1n) is 8.19. The van der Waals surface area contributed by atoms with Crippen molar-refractivity contribution in [1.29, 1.82) is 5.26 Å². The number of hydrogen-bond acceptors (Lipinski definition) is 5. The van der Waals surface area contributed by atoms with Crippen LogP contribution in [0.4, 0.5) is 11.5 Å². The van der Waals surface area contributed by atoms with E-state index in [2.05, 4.69) is 26.7 Å². The van der Waals surface area contributed by atoms with Crippen molar-refractivity contribution in [1.82, 2.24) is 15.3 Å². The summed E-state index contributed by atoms with van der Waals surface area (Å²) in [6.45, 7) is 2.08. The molecule has 1 amide bonds. The van der Waals surface area contributed by atoms with Gasteiger partial charge < -0.3 is 10.6 Å². The number of benzene rings is 2. The number of carbonyl (C=O) groups excluding carboxylic acids is 1. The molecule has 0 bridgehead atoms. The quantitative estimate of drug-likeness (QED) is 0.701. The number of nitrogens with one attached hydrogen (secondary N) is 2. The highest BCUT2D eigenvalue weighted by molar-refractivity contribution is 6.30. The standard InChI is InChI=1S/C20H16ClN5O/c1-13-24-18(20(27)23-12-14-5-7-16(21)8-6-14)10-19(25-13)26-17-4-2-3-15(9-17)11-22/h2-10H,12H2,1H3,(H,23,27)(H,24,25,26). The maximum Gasteiger partial charge on any atom is 0.270 e. The van der Waals surface area contributed by atoms with Crippen molar-refractivity contribution >= 4 is 29.0 Å². The van der Waals surface area contributed by atoms with Crippen LogP contribution in [0.3, 0.4) is 0 Å². The highest BCUT2D eigenvalue weighted by atomic mass is 35.5. The lowest BCUT2D eigenvalue weighted by Crippen LogP contribution is -2.24. The van der Waals surface area contributed by atoms with Crippen LogP contribution >= 0.6 is 11.6 Å². The minimum atomic E-state index is -0.302. The lowest BCUT2D eigenvalue weighted by atomic mass is 10.2. The highest BCUT2D eigenvalue weighted by Crippen LogP contribution is 2.17. The molecule has 0 aliphatic heterocycles. The fourth-order valence-electron chi connectivity index (χ4n) is 2.44. The van der Waals surface area contributed by atoms with Gasteiger partial charge in [-0.2, -0.15) is 5.26 Å². The molecule has 0 saturated heterocycles. The van der Waals surface area contributed by atoms with Crippen molar-refractivity contribution in [3.63, 3.8) is 0 Å². The summed E-state index contributed by atoms with van der Waals surface area (Å²) in [5, 5.41) is 15.6. The predicted octanol–water partition coefficient (Wildman–Crippen LogP) is 3.98. The number of hydrogen-bond donors (Lipinski definition) is 2. The first-order valence-corrected chi connectivity index (χ1v) is 8.57. The summed E-state index contributed by atoms with van der Waals surface area (Å²) in [4.78, 5) is 20.9. The SMILES string of the molecule is Cc1nc(Nc2cccc(C#N)c2)cc(C(=O)NCc2ccc(Cl)cc2)n1. The van der Waals surface area contributed by atoms with Gasteiger partial charge in [0.15, 0.2) is 0 Å². The second-order valence-electron chi connectivity index (χ2n) is 5.81. The number of aromatic nitrogens is 2. The monoisotopic (exact) mass is 377 g/mol. The fraction of sp³-hybridized carbons (Fsp3) is 0.100. The van der Waals surface area contributed by atoms with E-state index in [1.54, 1.807) is 43.3 Å². The van der Waals surface area contributed by atoms with E-state index >= 15 is 0 Å². The van der Waals surface area contributed by atoms with Gasteiger partial charge in [0.2, 0.25) is 0 Å². The molecule has 0 aliphatic rings. The molecule has 2 aromatic carbocycles. The van der Waals surface area contributed by atoms with Crippen molar-refractivity contribution in [3.8, 4) is 6.07 Å². The van der Waals surface area contributed by atoms with Crippen LogP contribution in [0.1, 0.15) is 27.4 Å². The first kappa shape index (κ1) is 18.4. The molecule has 0 atom stereocenters. The van der Waals surface area contributed by atoms with E-state index in [-0.39, 0.29) is 11.6 Å². The molecule has 6 nitrogen and oxygen atoms in total. The Kier molecular flexibility index (Phi) is 5.64. The van der Waals surface area contributed by atoms with Crippen LogP contribution in [-0.4, -0.2) is 15.9 Å². The van der Waals surface area contributed by atoms with Crippen molar-refractivity contribution in [3.05, 3.63) is 82.3 Å². The zero-order valence-corrected chi connectivity index (χ0v) is 15.3. The Morgan fingerprint density at radius 3 is 2.67 bits per heavy atom. The minimum absolute atomic E-state index is 0.260. The summed E-state index contributed by atoms with van der Waals surface area (Å²) in [6, 6.07) is 17.9. The smallest absolute Gasteiger partial charge is 0.270 e. The van der Waals surface area contributed by atoms with Crippen LogP contribution in [0.2, 0.25) is 5.02 Å². The average Bonchev–Trinajstić information content (AvgIpc) is 2.67. The Labute approximate surface area is 161 Å². The minimum Gasteiger partial charge on any atom is -0.347 e. The van der Waals surface area contributed by atoms with Crippen molar-refractivity contribution in [2.75, 3.05) is 5.32 Å². The van der Waals surface area contributed by atoms with Crippen LogP contribution in [-0.2, 0) is 6.54 Å². The molecular formula is C20H16ClN5O. The fourth-order valence-corrected chi connectivity index (χ4v) is 2.56. The molecule has 0 fully saturated rings. The summed E-state index contributed by atoms with van der Waals surface area (Å²) < 4.78 is 0. The maximum atomic E-state index is 12.4. The van der Waals surface area contributed by atoms with Gasteiger partial charge in [0, 0.05) is 23.3 Å². The Hall–Kier alpha value is -3.43. The van der Waals surface area contributed by atoms with Gasteiger partial charge in [0.1, 0.15) is 17.3 Å². The molecule has 1 heterocycles. The lowest BCUT2D eigenvalue weighted by Gasteiger charge is -2.09. The zero-order valence-electron chi connectivity index (χ0n) is 14.5. The molecule has 1 aromatic heterocycles. The van der Waals surface area contributed by atoms with Crippen LogP contribution in [0.15, 0.2) is 54.6 Å². The van der Waals surface area contributed by atoms with Gasteiger partial charge >= 0.3 is 0 Å². The molecule has 3 aromatic rings. The summed E-state index contributed by atoms with van der Waals surface area (Å²) in [7, 11) is 0. The molecule has 0 aliphatic carbocycles. The highest BCUT2D eigenvalue weighted by Gasteiger charge is 2.11. The third-order valence-electron chi connectivity index (χ3n) is 3.70. The van der Waals surface area contributed by atoms with E-state index < -0.39 is 0 Å². The molecule has 0 radical (unpaired) electrons. The van der Waals surface area contributed by atoms with Gasteiger partial charge in [-0.05, 0) is 42.8 Å². The second-order valence-corrected chi connectivity index (χ2v) is 6.25. The summed E-state index contributed by atoms with van der Waals surface area (Å²) in [5.74, 6) is 0.645. The topological polar surface area (TPSA) is 90.7 Å². The van der Waals surface area contributed by atoms with Gasteiger partial charge in [-0.15, -0.1) is 0 Å². The first-order chi connectivity index (χ1) is 13.0. The number of anilines is 2. The molecule has 2 N–H and O–H groups in total. The van der Waals surface area contributed by atoms with Crippen molar-refractivity contribution in [2.24, 2.45) is 0 Å². The largest absolute Gasteiger partial charge is 0.347 e. The number of halogens is 1. The molecule has 27 heavy (non-hydrogen) atoms. The van der Waals surface area contributed by atoms with Gasteiger partial charge in [-0.25, -0.2) is 9.97 Å². The summed E-state index contributed by atoms with van der Waals surface area (Å²) in [6.07, 6.45) is 0. The molecule has 0 unspecified atom stereocenters. The Morgan fingerprint density at radius 2 is 1.93 bits per heavy atom. The van der Waals surface area contributed by atoms with E-state index in [4.69, 9.17) is 16.9 Å². The van der Waals surface area contributed by atoms with E-state index in [9.17, 15) is 4.79 Å². The molecule has 0 saturated carbocycles. The van der Waals surface area contributed by atoms with Crippen LogP contribution in [0.5, 0.6) is 0 Å². The summed E-state index contributed by atoms with van der Waals surface area (Å²) in [5.41, 5.74) is 2.44. The second kappa shape index (κ2) is 8.30. The predicted molar refractivity (Wildman–Crippen MR) is 104 cm³/mol. The van der Waals surface area contributed by atoms with Crippen molar-refractivity contribution < 1.29 is 4.79 Å². The number of rotatable bonds is 5. The Balaban J connectivity index is 1.73. The molecule has 3 rings (SSSR count).